The summed E-state index contributed by atoms with van der Waals surface area (Å²) in [5.74, 6) is -0.303. The van der Waals surface area contributed by atoms with Gasteiger partial charge in [-0.2, -0.15) is 0 Å². The molecule has 1 heterocycles. The monoisotopic (exact) mass is 223 g/mol. The van der Waals surface area contributed by atoms with E-state index in [0.717, 1.165) is 30.7 Å². The van der Waals surface area contributed by atoms with Crippen LogP contribution in [-0.2, 0) is 0 Å². The molecule has 0 amide bonds. The highest BCUT2D eigenvalue weighted by atomic mass is 19.1. The fourth-order valence-electron chi connectivity index (χ4n) is 2.18. The van der Waals surface area contributed by atoms with E-state index in [1.807, 2.05) is 6.92 Å². The number of allylic oxidation sites excluding steroid dienone is 2. The van der Waals surface area contributed by atoms with Gasteiger partial charge < -0.3 is 0 Å². The topological polar surface area (TPSA) is 3.24 Å². The molecular weight excluding hydrogens is 201 g/mol. The van der Waals surface area contributed by atoms with Crippen molar-refractivity contribution in [2.24, 2.45) is 0 Å². The van der Waals surface area contributed by atoms with Gasteiger partial charge in [-0.15, -0.1) is 0 Å². The van der Waals surface area contributed by atoms with Crippen molar-refractivity contribution in [1.29, 1.82) is 0 Å². The predicted octanol–water partition coefficient (Wildman–Crippen LogP) is 3.85. The molecule has 1 aliphatic rings. The van der Waals surface area contributed by atoms with Crippen molar-refractivity contribution in [1.82, 2.24) is 4.90 Å². The summed E-state index contributed by atoms with van der Waals surface area (Å²) < 4.78 is 13.4. The normalized spacial score (nSPS) is 19.1. The van der Waals surface area contributed by atoms with Gasteiger partial charge in [0.25, 0.3) is 0 Å². The molecule has 0 radical (unpaired) electrons. The van der Waals surface area contributed by atoms with E-state index in [2.05, 4.69) is 18.1 Å². The molecule has 0 bridgehead atoms. The Labute approximate surface area is 98.3 Å². The van der Waals surface area contributed by atoms with Gasteiger partial charge in [0.1, 0.15) is 5.83 Å². The summed E-state index contributed by atoms with van der Waals surface area (Å²) in [5, 5.41) is 0. The Hall–Kier alpha value is -0.890. The largest absolute Gasteiger partial charge is 0.299 e. The summed E-state index contributed by atoms with van der Waals surface area (Å²) in [7, 11) is 0. The number of likely N-dealkylation sites (tertiary alicyclic amines) is 1. The maximum absolute atomic E-state index is 13.4. The van der Waals surface area contributed by atoms with Crippen LogP contribution in [0.25, 0.3) is 0 Å². The summed E-state index contributed by atoms with van der Waals surface area (Å²) >= 11 is 0. The zero-order valence-electron chi connectivity index (χ0n) is 10.3. The van der Waals surface area contributed by atoms with Crippen LogP contribution in [-0.4, -0.2) is 24.5 Å². The lowest BCUT2D eigenvalue weighted by Crippen LogP contribution is -2.31. The van der Waals surface area contributed by atoms with Gasteiger partial charge in [0, 0.05) is 12.1 Å². The standard InChI is InChI=1S/C14H22FN/c1-4-13(5-2)14(12(3)15)11-16-9-7-6-8-10-16/h4H,1,3,5-11H2,2H3/b14-13+. The van der Waals surface area contributed by atoms with Crippen LogP contribution in [0, 0.1) is 0 Å². The molecule has 1 rings (SSSR count). The molecule has 0 saturated carbocycles. The van der Waals surface area contributed by atoms with Crippen molar-refractivity contribution in [2.45, 2.75) is 32.6 Å². The maximum Gasteiger partial charge on any atom is 0.120 e. The summed E-state index contributed by atoms with van der Waals surface area (Å²) in [6, 6.07) is 0. The first kappa shape index (κ1) is 13.2. The van der Waals surface area contributed by atoms with E-state index in [1.54, 1.807) is 6.08 Å². The van der Waals surface area contributed by atoms with Crippen LogP contribution in [0.4, 0.5) is 4.39 Å². The third-order valence-electron chi connectivity index (χ3n) is 3.17. The first-order valence-electron chi connectivity index (χ1n) is 6.10. The van der Waals surface area contributed by atoms with Crippen molar-refractivity contribution in [3.63, 3.8) is 0 Å². The van der Waals surface area contributed by atoms with Crippen LogP contribution in [0.2, 0.25) is 0 Å². The molecule has 90 valence electrons. The van der Waals surface area contributed by atoms with Crippen molar-refractivity contribution in [3.05, 3.63) is 36.2 Å². The third-order valence-corrected chi connectivity index (χ3v) is 3.17. The lowest BCUT2D eigenvalue weighted by molar-refractivity contribution is 0.245. The molecule has 1 saturated heterocycles. The minimum absolute atomic E-state index is 0.303. The fraction of sp³-hybridized carbons (Fsp3) is 0.571. The molecule has 1 fully saturated rings. The second kappa shape index (κ2) is 6.64. The van der Waals surface area contributed by atoms with Gasteiger partial charge in [-0.05, 0) is 37.9 Å². The van der Waals surface area contributed by atoms with Crippen molar-refractivity contribution >= 4 is 0 Å². The first-order valence-corrected chi connectivity index (χ1v) is 6.10. The minimum Gasteiger partial charge on any atom is -0.299 e. The lowest BCUT2D eigenvalue weighted by Gasteiger charge is -2.27. The fourth-order valence-corrected chi connectivity index (χ4v) is 2.18. The van der Waals surface area contributed by atoms with Crippen molar-refractivity contribution < 1.29 is 4.39 Å². The third kappa shape index (κ3) is 3.60. The molecule has 0 spiro atoms. The number of piperidine rings is 1. The second-order valence-electron chi connectivity index (χ2n) is 4.30. The first-order chi connectivity index (χ1) is 7.69. The van der Waals surface area contributed by atoms with Crippen LogP contribution >= 0.6 is 0 Å². The average Bonchev–Trinajstić information content (AvgIpc) is 2.30. The van der Waals surface area contributed by atoms with Gasteiger partial charge in [0.05, 0.1) is 0 Å². The molecule has 0 aromatic carbocycles. The second-order valence-corrected chi connectivity index (χ2v) is 4.30. The Kier molecular flexibility index (Phi) is 5.47. The van der Waals surface area contributed by atoms with Gasteiger partial charge >= 0.3 is 0 Å². The molecule has 0 aliphatic carbocycles. The molecule has 0 unspecified atom stereocenters. The van der Waals surface area contributed by atoms with Crippen LogP contribution in [0.15, 0.2) is 36.2 Å². The summed E-state index contributed by atoms with van der Waals surface area (Å²) in [6.45, 7) is 12.0. The lowest BCUT2D eigenvalue weighted by atomic mass is 10.0. The van der Waals surface area contributed by atoms with Gasteiger partial charge in [0.15, 0.2) is 0 Å². The predicted molar refractivity (Wildman–Crippen MR) is 68.1 cm³/mol. The summed E-state index contributed by atoms with van der Waals surface area (Å²) in [6.07, 6.45) is 6.32. The molecule has 0 atom stereocenters. The van der Waals surface area contributed by atoms with Gasteiger partial charge in [0.2, 0.25) is 0 Å². The molecule has 1 aliphatic heterocycles. The van der Waals surface area contributed by atoms with E-state index < -0.39 is 0 Å². The highest BCUT2D eigenvalue weighted by Gasteiger charge is 2.15. The van der Waals surface area contributed by atoms with Crippen LogP contribution in [0.5, 0.6) is 0 Å². The molecule has 0 aromatic heterocycles. The van der Waals surface area contributed by atoms with E-state index in [-0.39, 0.29) is 5.83 Å². The van der Waals surface area contributed by atoms with Crippen molar-refractivity contribution in [3.8, 4) is 0 Å². The SMILES string of the molecule is C=C/C(CC)=C(/CN1CCCCC1)C(=C)F. The highest BCUT2D eigenvalue weighted by Crippen LogP contribution is 2.21. The van der Waals surface area contributed by atoms with Crippen LogP contribution in [0.1, 0.15) is 32.6 Å². The molecule has 0 aromatic rings. The van der Waals surface area contributed by atoms with E-state index in [4.69, 9.17) is 0 Å². The minimum atomic E-state index is -0.303. The van der Waals surface area contributed by atoms with Gasteiger partial charge in [-0.3, -0.25) is 4.90 Å². The molecule has 16 heavy (non-hydrogen) atoms. The van der Waals surface area contributed by atoms with E-state index >= 15 is 0 Å². The Balaban J connectivity index is 2.74. The van der Waals surface area contributed by atoms with E-state index in [1.165, 1.54) is 19.3 Å². The summed E-state index contributed by atoms with van der Waals surface area (Å²) in [5.41, 5.74) is 1.72. The Bertz CT molecular complexity index is 285. The Morgan fingerprint density at radius 3 is 2.38 bits per heavy atom. The molecule has 2 heteroatoms. The quantitative estimate of drug-likeness (QED) is 0.640. The van der Waals surface area contributed by atoms with Gasteiger partial charge in [-0.25, -0.2) is 4.39 Å². The summed E-state index contributed by atoms with van der Waals surface area (Å²) in [4.78, 5) is 2.31. The highest BCUT2D eigenvalue weighted by molar-refractivity contribution is 5.35. The Morgan fingerprint density at radius 2 is 1.94 bits per heavy atom. The number of nitrogens with zero attached hydrogens (tertiary/aromatic N) is 1. The molecule has 0 N–H and O–H groups in total. The maximum atomic E-state index is 13.4. The zero-order valence-corrected chi connectivity index (χ0v) is 10.3. The Morgan fingerprint density at radius 1 is 1.31 bits per heavy atom. The number of hydrogen-bond acceptors (Lipinski definition) is 1. The van der Waals surface area contributed by atoms with E-state index in [0.29, 0.717) is 6.54 Å². The van der Waals surface area contributed by atoms with Crippen LogP contribution < -0.4 is 0 Å². The van der Waals surface area contributed by atoms with Crippen molar-refractivity contribution in [2.75, 3.05) is 19.6 Å². The smallest absolute Gasteiger partial charge is 0.120 e. The molecular formula is C14H22FN. The zero-order chi connectivity index (χ0) is 12.0. The van der Waals surface area contributed by atoms with E-state index in [9.17, 15) is 4.39 Å². The average molecular weight is 223 g/mol. The molecule has 1 nitrogen and oxygen atoms in total. The number of hydrogen-bond donors (Lipinski definition) is 0. The number of rotatable bonds is 5. The number of halogens is 1. The van der Waals surface area contributed by atoms with Gasteiger partial charge in [-0.1, -0.05) is 32.6 Å². The van der Waals surface area contributed by atoms with Crippen LogP contribution in [0.3, 0.4) is 0 Å².